The molecule has 2 nitrogen and oxygen atoms in total. The Balaban J connectivity index is 1.87. The molecule has 0 bridgehead atoms. The van der Waals surface area contributed by atoms with Crippen molar-refractivity contribution < 1.29 is 4.74 Å². The van der Waals surface area contributed by atoms with Crippen LogP contribution in [0.25, 0.3) is 0 Å². The molecule has 0 aromatic heterocycles. The van der Waals surface area contributed by atoms with E-state index in [1.807, 2.05) is 12.1 Å². The Hall–Kier alpha value is -1.02. The fraction of sp³-hybridized carbons (Fsp3) is 0.647. The number of nitrogens with one attached hydrogen (secondary N) is 1. The molecule has 1 aromatic carbocycles. The summed E-state index contributed by atoms with van der Waals surface area (Å²) in [5, 5.41) is 3.49. The molecule has 19 heavy (non-hydrogen) atoms. The van der Waals surface area contributed by atoms with E-state index in [9.17, 15) is 0 Å². The second kappa shape index (κ2) is 10.9. The number of hydrogen-bond acceptors (Lipinski definition) is 2. The molecule has 0 fully saturated rings. The standard InChI is InChI=1S/C17H29NO/c1-3-4-5-6-13-18-14-7-8-15-19-17-11-9-16(2)10-12-17/h9-12,18H,3-8,13-15H2,1-2H3. The number of hydrogen-bond donors (Lipinski definition) is 1. The average Bonchev–Trinajstić information content (AvgIpc) is 2.43. The fourth-order valence-electron chi connectivity index (χ4n) is 1.98. The van der Waals surface area contributed by atoms with Gasteiger partial charge >= 0.3 is 0 Å². The van der Waals surface area contributed by atoms with Crippen LogP contribution in [0.2, 0.25) is 0 Å². The number of ether oxygens (including phenoxy) is 1. The van der Waals surface area contributed by atoms with Gasteiger partial charge in [0.25, 0.3) is 0 Å². The third kappa shape index (κ3) is 8.66. The number of aryl methyl sites for hydroxylation is 1. The van der Waals surface area contributed by atoms with Gasteiger partial charge in [-0.2, -0.15) is 0 Å². The molecule has 1 rings (SSSR count). The van der Waals surface area contributed by atoms with E-state index >= 15 is 0 Å². The first-order valence-electron chi connectivity index (χ1n) is 7.73. The maximum Gasteiger partial charge on any atom is 0.119 e. The highest BCUT2D eigenvalue weighted by atomic mass is 16.5. The third-order valence-electron chi connectivity index (χ3n) is 3.24. The zero-order valence-electron chi connectivity index (χ0n) is 12.6. The smallest absolute Gasteiger partial charge is 0.119 e. The molecule has 0 atom stereocenters. The summed E-state index contributed by atoms with van der Waals surface area (Å²) in [4.78, 5) is 0. The van der Waals surface area contributed by atoms with E-state index in [1.54, 1.807) is 0 Å². The van der Waals surface area contributed by atoms with Crippen LogP contribution >= 0.6 is 0 Å². The normalized spacial score (nSPS) is 10.6. The van der Waals surface area contributed by atoms with Crippen molar-refractivity contribution >= 4 is 0 Å². The molecule has 2 heteroatoms. The molecule has 1 aromatic rings. The van der Waals surface area contributed by atoms with Gasteiger partial charge < -0.3 is 10.1 Å². The van der Waals surface area contributed by atoms with Crippen LogP contribution in [-0.4, -0.2) is 19.7 Å². The number of benzene rings is 1. The van der Waals surface area contributed by atoms with Crippen molar-refractivity contribution in [1.29, 1.82) is 0 Å². The first-order chi connectivity index (χ1) is 9.33. The van der Waals surface area contributed by atoms with Crippen LogP contribution < -0.4 is 10.1 Å². The van der Waals surface area contributed by atoms with E-state index in [4.69, 9.17) is 4.74 Å². The lowest BCUT2D eigenvalue weighted by molar-refractivity contribution is 0.305. The van der Waals surface area contributed by atoms with Gasteiger partial charge in [-0.3, -0.25) is 0 Å². The van der Waals surface area contributed by atoms with Crippen LogP contribution in [0.1, 0.15) is 51.0 Å². The minimum atomic E-state index is 0.820. The second-order valence-electron chi connectivity index (χ2n) is 5.18. The van der Waals surface area contributed by atoms with Crippen LogP contribution in [0.5, 0.6) is 5.75 Å². The molecule has 0 saturated heterocycles. The summed E-state index contributed by atoms with van der Waals surface area (Å²) in [6, 6.07) is 8.27. The van der Waals surface area contributed by atoms with E-state index in [0.29, 0.717) is 0 Å². The maximum atomic E-state index is 5.69. The van der Waals surface area contributed by atoms with Gasteiger partial charge in [0.2, 0.25) is 0 Å². The highest BCUT2D eigenvalue weighted by molar-refractivity contribution is 5.26. The predicted octanol–water partition coefficient (Wildman–Crippen LogP) is 4.32. The van der Waals surface area contributed by atoms with Crippen molar-refractivity contribution in [2.45, 2.75) is 52.4 Å². The Morgan fingerprint density at radius 1 is 0.895 bits per heavy atom. The Morgan fingerprint density at radius 3 is 2.26 bits per heavy atom. The van der Waals surface area contributed by atoms with Gasteiger partial charge in [-0.05, 0) is 51.4 Å². The summed E-state index contributed by atoms with van der Waals surface area (Å²) in [6.07, 6.45) is 7.67. The predicted molar refractivity (Wildman–Crippen MR) is 82.9 cm³/mol. The minimum Gasteiger partial charge on any atom is -0.494 e. The molecule has 0 unspecified atom stereocenters. The van der Waals surface area contributed by atoms with E-state index in [1.165, 1.54) is 44.2 Å². The van der Waals surface area contributed by atoms with Gasteiger partial charge in [0.1, 0.15) is 5.75 Å². The summed E-state index contributed by atoms with van der Waals surface area (Å²) in [6.45, 7) is 7.44. The molecule has 0 spiro atoms. The first kappa shape index (κ1) is 16.0. The van der Waals surface area contributed by atoms with Crippen molar-refractivity contribution in [3.8, 4) is 5.75 Å². The van der Waals surface area contributed by atoms with E-state index in [0.717, 1.165) is 25.3 Å². The monoisotopic (exact) mass is 263 g/mol. The van der Waals surface area contributed by atoms with Crippen molar-refractivity contribution in [1.82, 2.24) is 5.32 Å². The largest absolute Gasteiger partial charge is 0.494 e. The summed E-state index contributed by atoms with van der Waals surface area (Å²) in [5.41, 5.74) is 1.28. The Bertz CT molecular complexity index is 308. The number of unbranched alkanes of at least 4 members (excludes halogenated alkanes) is 4. The SMILES string of the molecule is CCCCCCNCCCCOc1ccc(C)cc1. The molecule has 0 heterocycles. The van der Waals surface area contributed by atoms with Crippen LogP contribution in [0.4, 0.5) is 0 Å². The molecule has 0 radical (unpaired) electrons. The van der Waals surface area contributed by atoms with Gasteiger partial charge in [-0.15, -0.1) is 0 Å². The van der Waals surface area contributed by atoms with Crippen molar-refractivity contribution in [2.75, 3.05) is 19.7 Å². The second-order valence-corrected chi connectivity index (χ2v) is 5.18. The van der Waals surface area contributed by atoms with E-state index in [2.05, 4.69) is 31.3 Å². The Morgan fingerprint density at radius 2 is 1.58 bits per heavy atom. The Kier molecular flexibility index (Phi) is 9.17. The lowest BCUT2D eigenvalue weighted by Crippen LogP contribution is -2.17. The summed E-state index contributed by atoms with van der Waals surface area (Å²) in [5.74, 6) is 0.984. The van der Waals surface area contributed by atoms with Crippen LogP contribution in [-0.2, 0) is 0 Å². The zero-order valence-corrected chi connectivity index (χ0v) is 12.6. The average molecular weight is 263 g/mol. The van der Waals surface area contributed by atoms with Crippen molar-refractivity contribution in [3.05, 3.63) is 29.8 Å². The maximum absolute atomic E-state index is 5.69. The number of rotatable bonds is 11. The molecular formula is C17H29NO. The zero-order chi connectivity index (χ0) is 13.8. The van der Waals surface area contributed by atoms with E-state index in [-0.39, 0.29) is 0 Å². The minimum absolute atomic E-state index is 0.820. The topological polar surface area (TPSA) is 21.3 Å². The van der Waals surface area contributed by atoms with Crippen molar-refractivity contribution in [2.24, 2.45) is 0 Å². The molecule has 108 valence electrons. The van der Waals surface area contributed by atoms with Crippen LogP contribution in [0.3, 0.4) is 0 Å². The highest BCUT2D eigenvalue weighted by Gasteiger charge is 1.94. The first-order valence-corrected chi connectivity index (χ1v) is 7.73. The molecule has 0 saturated carbocycles. The van der Waals surface area contributed by atoms with E-state index < -0.39 is 0 Å². The molecule has 0 aliphatic rings. The van der Waals surface area contributed by atoms with Gasteiger partial charge in [0.15, 0.2) is 0 Å². The third-order valence-corrected chi connectivity index (χ3v) is 3.24. The fourth-order valence-corrected chi connectivity index (χ4v) is 1.98. The quantitative estimate of drug-likeness (QED) is 0.600. The molecular weight excluding hydrogens is 234 g/mol. The summed E-state index contributed by atoms with van der Waals surface area (Å²) in [7, 11) is 0. The van der Waals surface area contributed by atoms with Crippen LogP contribution in [0, 0.1) is 6.92 Å². The van der Waals surface area contributed by atoms with Gasteiger partial charge in [0.05, 0.1) is 6.61 Å². The lowest BCUT2D eigenvalue weighted by Gasteiger charge is -2.07. The summed E-state index contributed by atoms with van der Waals surface area (Å²) < 4.78 is 5.69. The van der Waals surface area contributed by atoms with Crippen LogP contribution in [0.15, 0.2) is 24.3 Å². The molecule has 0 amide bonds. The molecule has 0 aliphatic carbocycles. The highest BCUT2D eigenvalue weighted by Crippen LogP contribution is 2.11. The molecule has 1 N–H and O–H groups in total. The summed E-state index contributed by atoms with van der Waals surface area (Å²) >= 11 is 0. The van der Waals surface area contributed by atoms with Gasteiger partial charge in [0, 0.05) is 0 Å². The Labute approximate surface area is 118 Å². The van der Waals surface area contributed by atoms with Crippen molar-refractivity contribution in [3.63, 3.8) is 0 Å². The lowest BCUT2D eigenvalue weighted by atomic mass is 10.2. The van der Waals surface area contributed by atoms with Gasteiger partial charge in [-0.1, -0.05) is 43.9 Å². The van der Waals surface area contributed by atoms with Gasteiger partial charge in [-0.25, -0.2) is 0 Å². The molecule has 0 aliphatic heterocycles.